The SMILES string of the molecule is O=Cc1ccc(Oc2cccc(OCc3ccccc3)c2)cc1F. The Kier molecular flexibility index (Phi) is 4.87. The number of ether oxygens (including phenoxy) is 2. The van der Waals surface area contributed by atoms with Crippen LogP contribution in [0.25, 0.3) is 0 Å². The lowest BCUT2D eigenvalue weighted by Gasteiger charge is -2.10. The molecule has 0 saturated heterocycles. The van der Waals surface area contributed by atoms with Crippen molar-refractivity contribution in [3.05, 3.63) is 89.7 Å². The van der Waals surface area contributed by atoms with Gasteiger partial charge in [0.15, 0.2) is 6.29 Å². The van der Waals surface area contributed by atoms with Crippen LogP contribution in [-0.2, 0) is 6.61 Å². The van der Waals surface area contributed by atoms with E-state index in [0.29, 0.717) is 30.1 Å². The highest BCUT2D eigenvalue weighted by Gasteiger charge is 2.05. The average Bonchev–Trinajstić information content (AvgIpc) is 2.61. The summed E-state index contributed by atoms with van der Waals surface area (Å²) in [6.07, 6.45) is 0.469. The topological polar surface area (TPSA) is 35.5 Å². The molecular formula is C20H15FO3. The van der Waals surface area contributed by atoms with Crippen LogP contribution in [0.2, 0.25) is 0 Å². The van der Waals surface area contributed by atoms with Crippen molar-refractivity contribution >= 4 is 6.29 Å². The Morgan fingerprint density at radius 2 is 1.58 bits per heavy atom. The molecule has 0 saturated carbocycles. The third-order valence-electron chi connectivity index (χ3n) is 3.39. The number of carbonyl (C=O) groups excluding carboxylic acids is 1. The fourth-order valence-electron chi connectivity index (χ4n) is 2.17. The minimum absolute atomic E-state index is 0.00213. The first kappa shape index (κ1) is 15.7. The van der Waals surface area contributed by atoms with E-state index in [1.54, 1.807) is 24.3 Å². The van der Waals surface area contributed by atoms with Gasteiger partial charge >= 0.3 is 0 Å². The Balaban J connectivity index is 1.69. The Hall–Kier alpha value is -3.14. The second kappa shape index (κ2) is 7.42. The number of halogens is 1. The average molecular weight is 322 g/mol. The quantitative estimate of drug-likeness (QED) is 0.598. The van der Waals surface area contributed by atoms with Crippen LogP contribution in [-0.4, -0.2) is 6.29 Å². The molecular weight excluding hydrogens is 307 g/mol. The van der Waals surface area contributed by atoms with E-state index in [9.17, 15) is 9.18 Å². The maximum Gasteiger partial charge on any atom is 0.152 e. The third kappa shape index (κ3) is 3.98. The van der Waals surface area contributed by atoms with Gasteiger partial charge in [0.25, 0.3) is 0 Å². The smallest absolute Gasteiger partial charge is 0.152 e. The first-order chi connectivity index (χ1) is 11.7. The maximum atomic E-state index is 13.6. The van der Waals surface area contributed by atoms with E-state index in [1.807, 2.05) is 36.4 Å². The Labute approximate surface area is 139 Å². The summed E-state index contributed by atoms with van der Waals surface area (Å²) >= 11 is 0. The lowest BCUT2D eigenvalue weighted by molar-refractivity contribution is 0.112. The zero-order chi connectivity index (χ0) is 16.8. The molecule has 0 radical (unpaired) electrons. The van der Waals surface area contributed by atoms with Gasteiger partial charge in [0.2, 0.25) is 0 Å². The lowest BCUT2D eigenvalue weighted by atomic mass is 10.2. The summed E-state index contributed by atoms with van der Waals surface area (Å²) in [6, 6.07) is 21.0. The molecule has 0 unspecified atom stereocenters. The van der Waals surface area contributed by atoms with E-state index in [0.717, 1.165) is 5.56 Å². The van der Waals surface area contributed by atoms with Crippen molar-refractivity contribution in [1.29, 1.82) is 0 Å². The summed E-state index contributed by atoms with van der Waals surface area (Å²) in [4.78, 5) is 10.6. The minimum Gasteiger partial charge on any atom is -0.489 e. The molecule has 3 aromatic carbocycles. The zero-order valence-corrected chi connectivity index (χ0v) is 12.8. The van der Waals surface area contributed by atoms with Crippen LogP contribution in [0, 0.1) is 5.82 Å². The molecule has 0 bridgehead atoms. The van der Waals surface area contributed by atoms with Crippen molar-refractivity contribution in [2.45, 2.75) is 6.61 Å². The van der Waals surface area contributed by atoms with Crippen LogP contribution in [0.4, 0.5) is 4.39 Å². The number of aldehydes is 1. The predicted molar refractivity (Wildman–Crippen MR) is 89.1 cm³/mol. The molecule has 0 aliphatic rings. The highest BCUT2D eigenvalue weighted by atomic mass is 19.1. The van der Waals surface area contributed by atoms with Crippen LogP contribution >= 0.6 is 0 Å². The van der Waals surface area contributed by atoms with Crippen molar-refractivity contribution < 1.29 is 18.7 Å². The zero-order valence-electron chi connectivity index (χ0n) is 12.8. The van der Waals surface area contributed by atoms with Gasteiger partial charge in [-0.2, -0.15) is 0 Å². The molecule has 0 spiro atoms. The highest BCUT2D eigenvalue weighted by Crippen LogP contribution is 2.26. The van der Waals surface area contributed by atoms with Gasteiger partial charge < -0.3 is 9.47 Å². The number of carbonyl (C=O) groups is 1. The number of hydrogen-bond acceptors (Lipinski definition) is 3. The van der Waals surface area contributed by atoms with E-state index in [-0.39, 0.29) is 5.56 Å². The normalized spacial score (nSPS) is 10.2. The largest absolute Gasteiger partial charge is 0.489 e. The highest BCUT2D eigenvalue weighted by molar-refractivity contribution is 5.75. The Morgan fingerprint density at radius 1 is 0.833 bits per heavy atom. The van der Waals surface area contributed by atoms with Crippen LogP contribution in [0.1, 0.15) is 15.9 Å². The monoisotopic (exact) mass is 322 g/mol. The minimum atomic E-state index is -0.612. The predicted octanol–water partition coefficient (Wildman–Crippen LogP) is 5.01. The van der Waals surface area contributed by atoms with Crippen molar-refractivity contribution in [3.63, 3.8) is 0 Å². The van der Waals surface area contributed by atoms with Gasteiger partial charge in [-0.3, -0.25) is 4.79 Å². The number of benzene rings is 3. The molecule has 3 rings (SSSR count). The van der Waals surface area contributed by atoms with Crippen LogP contribution in [0.3, 0.4) is 0 Å². The third-order valence-corrected chi connectivity index (χ3v) is 3.39. The first-order valence-corrected chi connectivity index (χ1v) is 7.44. The number of hydrogen-bond donors (Lipinski definition) is 0. The Morgan fingerprint density at radius 3 is 2.33 bits per heavy atom. The van der Waals surface area contributed by atoms with Crippen molar-refractivity contribution in [3.8, 4) is 17.2 Å². The van der Waals surface area contributed by atoms with Gasteiger partial charge in [-0.1, -0.05) is 36.4 Å². The summed E-state index contributed by atoms with van der Waals surface area (Å²) in [7, 11) is 0. The molecule has 24 heavy (non-hydrogen) atoms. The molecule has 0 heterocycles. The molecule has 3 nitrogen and oxygen atoms in total. The van der Waals surface area contributed by atoms with Crippen molar-refractivity contribution in [2.24, 2.45) is 0 Å². The van der Waals surface area contributed by atoms with Crippen LogP contribution < -0.4 is 9.47 Å². The van der Waals surface area contributed by atoms with Crippen molar-refractivity contribution in [1.82, 2.24) is 0 Å². The maximum absolute atomic E-state index is 13.6. The van der Waals surface area contributed by atoms with Crippen LogP contribution in [0.5, 0.6) is 17.2 Å². The molecule has 120 valence electrons. The number of rotatable bonds is 6. The van der Waals surface area contributed by atoms with Crippen LogP contribution in [0.15, 0.2) is 72.8 Å². The fraction of sp³-hybridized carbons (Fsp3) is 0.0500. The van der Waals surface area contributed by atoms with E-state index in [4.69, 9.17) is 9.47 Å². The van der Waals surface area contributed by atoms with Gasteiger partial charge in [0, 0.05) is 12.1 Å². The van der Waals surface area contributed by atoms with E-state index in [1.165, 1.54) is 12.1 Å². The Bertz CT molecular complexity index is 831. The molecule has 0 aliphatic carbocycles. The summed E-state index contributed by atoms with van der Waals surface area (Å²) in [5.41, 5.74) is 1.07. The van der Waals surface area contributed by atoms with Gasteiger partial charge in [-0.25, -0.2) is 4.39 Å². The molecule has 0 amide bonds. The van der Waals surface area contributed by atoms with Gasteiger partial charge in [0.05, 0.1) is 5.56 Å². The van der Waals surface area contributed by atoms with E-state index < -0.39 is 5.82 Å². The molecule has 0 aliphatic heterocycles. The lowest BCUT2D eigenvalue weighted by Crippen LogP contribution is -1.95. The second-order valence-corrected chi connectivity index (χ2v) is 5.15. The molecule has 4 heteroatoms. The molecule has 3 aromatic rings. The van der Waals surface area contributed by atoms with E-state index in [2.05, 4.69) is 0 Å². The van der Waals surface area contributed by atoms with Crippen molar-refractivity contribution in [2.75, 3.05) is 0 Å². The summed E-state index contributed by atoms with van der Waals surface area (Å²) in [5, 5.41) is 0. The second-order valence-electron chi connectivity index (χ2n) is 5.15. The fourth-order valence-corrected chi connectivity index (χ4v) is 2.17. The molecule has 0 aromatic heterocycles. The first-order valence-electron chi connectivity index (χ1n) is 7.44. The summed E-state index contributed by atoms with van der Waals surface area (Å²) in [6.45, 7) is 0.451. The standard InChI is InChI=1S/C20H15FO3/c21-20-12-19(10-9-16(20)13-22)24-18-8-4-7-17(11-18)23-14-15-5-2-1-3-6-15/h1-13H,14H2. The summed E-state index contributed by atoms with van der Waals surface area (Å²) < 4.78 is 25.0. The molecule has 0 N–H and O–H groups in total. The molecule has 0 atom stereocenters. The van der Waals surface area contributed by atoms with Gasteiger partial charge in [-0.05, 0) is 29.8 Å². The molecule has 0 fully saturated rings. The van der Waals surface area contributed by atoms with Gasteiger partial charge in [0.1, 0.15) is 29.7 Å². The van der Waals surface area contributed by atoms with Gasteiger partial charge in [-0.15, -0.1) is 0 Å². The van der Waals surface area contributed by atoms with E-state index >= 15 is 0 Å². The summed E-state index contributed by atoms with van der Waals surface area (Å²) in [5.74, 6) is 0.887.